The fourth-order valence-electron chi connectivity index (χ4n) is 5.81. The molecule has 9 nitrogen and oxygen atoms in total. The summed E-state index contributed by atoms with van der Waals surface area (Å²) in [6, 6.07) is 0.961. The van der Waals surface area contributed by atoms with Crippen LogP contribution in [0.1, 0.15) is 149 Å². The van der Waals surface area contributed by atoms with Crippen LogP contribution in [0.25, 0.3) is 0 Å². The van der Waals surface area contributed by atoms with Crippen LogP contribution in [-0.4, -0.2) is 77.0 Å². The lowest BCUT2D eigenvalue weighted by Gasteiger charge is -2.26. The van der Waals surface area contributed by atoms with Gasteiger partial charge in [-0.05, 0) is 84.9 Å². The molecule has 0 aromatic carbocycles. The fourth-order valence-corrected chi connectivity index (χ4v) is 8.22. The molecule has 47 heavy (non-hydrogen) atoms. The minimum absolute atomic E-state index is 0. The molecule has 0 spiro atoms. The SMILES string of the molecule is CC[NH+]=C(N)CCCCCCCN(CCCCCCCC(=[NH2+])CCCCCCCCN)C(=O)NCCC[Si](C)(OCC)OCC.[Cl-].[Cl-]. The Morgan fingerprint density at radius 1 is 0.723 bits per heavy atom. The molecule has 0 saturated heterocycles. The van der Waals surface area contributed by atoms with Gasteiger partial charge in [-0.3, -0.25) is 16.1 Å². The molecule has 0 heterocycles. The number of hydrogen-bond donors (Lipinski definition) is 5. The number of nitrogens with two attached hydrogens (primary N) is 3. The maximum atomic E-state index is 13.2. The van der Waals surface area contributed by atoms with E-state index in [4.69, 9.17) is 25.7 Å². The summed E-state index contributed by atoms with van der Waals surface area (Å²) in [5, 5.41) is 9.48. The number of rotatable bonds is 33. The summed E-state index contributed by atoms with van der Waals surface area (Å²) in [6.45, 7) is 13.6. The quantitative estimate of drug-likeness (QED) is 0.0244. The van der Waals surface area contributed by atoms with Crippen molar-refractivity contribution in [2.75, 3.05) is 45.9 Å². The molecule has 0 aromatic heterocycles. The summed E-state index contributed by atoms with van der Waals surface area (Å²) in [5.41, 5.74) is 12.7. The molecular weight excluding hydrogens is 651 g/mol. The highest BCUT2D eigenvalue weighted by atomic mass is 35.5. The molecule has 0 fully saturated rings. The van der Waals surface area contributed by atoms with Gasteiger partial charge in [0, 0.05) is 52.1 Å². The Labute approximate surface area is 303 Å². The van der Waals surface area contributed by atoms with Gasteiger partial charge < -0.3 is 49.6 Å². The van der Waals surface area contributed by atoms with Crippen molar-refractivity contribution in [3.05, 3.63) is 0 Å². The molecular formula is C35H76Cl2N6O3Si. The summed E-state index contributed by atoms with van der Waals surface area (Å²) in [6.07, 6.45) is 22.9. The van der Waals surface area contributed by atoms with Gasteiger partial charge in [0.15, 0.2) is 0 Å². The average Bonchev–Trinajstić information content (AvgIpc) is 3.01. The highest BCUT2D eigenvalue weighted by Gasteiger charge is 2.30. The normalized spacial score (nSPS) is 11.6. The minimum atomic E-state index is -2.15. The van der Waals surface area contributed by atoms with E-state index < -0.39 is 8.56 Å². The van der Waals surface area contributed by atoms with Gasteiger partial charge in [-0.1, -0.05) is 64.2 Å². The lowest BCUT2D eigenvalue weighted by Crippen LogP contribution is -3.00. The molecule has 12 heteroatoms. The molecule has 0 rings (SSSR count). The van der Waals surface area contributed by atoms with Crippen molar-refractivity contribution in [2.24, 2.45) is 11.5 Å². The number of hydrogen-bond acceptors (Lipinski definition) is 4. The zero-order valence-corrected chi connectivity index (χ0v) is 33.5. The molecule has 0 aliphatic heterocycles. The van der Waals surface area contributed by atoms with E-state index in [9.17, 15) is 4.79 Å². The highest BCUT2D eigenvalue weighted by molar-refractivity contribution is 6.66. The van der Waals surface area contributed by atoms with E-state index in [1.165, 1.54) is 69.9 Å². The van der Waals surface area contributed by atoms with E-state index in [0.29, 0.717) is 19.8 Å². The minimum Gasteiger partial charge on any atom is -1.00 e. The van der Waals surface area contributed by atoms with Crippen LogP contribution >= 0.6 is 0 Å². The molecule has 0 aliphatic rings. The summed E-state index contributed by atoms with van der Waals surface area (Å²) >= 11 is 0. The maximum absolute atomic E-state index is 13.2. The first-order valence-corrected chi connectivity index (χ1v) is 21.3. The molecule has 0 radical (unpaired) electrons. The Kier molecular flexibility index (Phi) is 39.1. The number of nitrogens with one attached hydrogen (secondary N) is 2. The lowest BCUT2D eigenvalue weighted by molar-refractivity contribution is -0.454. The Bertz CT molecular complexity index is 746. The Balaban J connectivity index is -0.00000968. The second-order valence-corrected chi connectivity index (χ2v) is 16.1. The van der Waals surface area contributed by atoms with Gasteiger partial charge in [0.1, 0.15) is 5.71 Å². The molecule has 0 aromatic rings. The van der Waals surface area contributed by atoms with Gasteiger partial charge in [0.2, 0.25) is 5.84 Å². The molecule has 0 unspecified atom stereocenters. The Morgan fingerprint density at radius 3 is 1.64 bits per heavy atom. The molecule has 2 amide bonds. The van der Waals surface area contributed by atoms with E-state index in [2.05, 4.69) is 23.8 Å². The smallest absolute Gasteiger partial charge is 0.334 e. The molecule has 0 atom stereocenters. The first kappa shape index (κ1) is 50.5. The lowest BCUT2D eigenvalue weighted by atomic mass is 10.0. The van der Waals surface area contributed by atoms with E-state index in [1.54, 1.807) is 0 Å². The molecule has 8 N–H and O–H groups in total. The maximum Gasteiger partial charge on any atom is 0.334 e. The molecule has 282 valence electrons. The van der Waals surface area contributed by atoms with Gasteiger partial charge in [0.25, 0.3) is 0 Å². The summed E-state index contributed by atoms with van der Waals surface area (Å²) in [7, 11) is -2.15. The Hall–Kier alpha value is -0.913. The van der Waals surface area contributed by atoms with E-state index in [0.717, 1.165) is 102 Å². The summed E-state index contributed by atoms with van der Waals surface area (Å²) in [4.78, 5) is 18.4. The number of carbonyl (C=O) groups excluding carboxylic acids is 1. The van der Waals surface area contributed by atoms with Crippen molar-refractivity contribution in [1.29, 1.82) is 0 Å². The van der Waals surface area contributed by atoms with E-state index >= 15 is 0 Å². The number of carbonyl (C=O) groups is 1. The van der Waals surface area contributed by atoms with Crippen LogP contribution < -0.4 is 52.0 Å². The zero-order valence-electron chi connectivity index (χ0n) is 31.0. The number of halogens is 2. The number of nitrogens with zero attached hydrogens (tertiary/aromatic N) is 1. The van der Waals surface area contributed by atoms with Crippen LogP contribution in [0.15, 0.2) is 0 Å². The van der Waals surface area contributed by atoms with Crippen LogP contribution in [0.5, 0.6) is 0 Å². The van der Waals surface area contributed by atoms with Crippen molar-refractivity contribution < 1.29 is 48.9 Å². The van der Waals surface area contributed by atoms with Crippen molar-refractivity contribution >= 4 is 26.1 Å². The number of urea groups is 1. The predicted molar refractivity (Wildman–Crippen MR) is 194 cm³/mol. The number of unbranched alkanes of at least 4 members (excludes halogenated alkanes) is 13. The standard InChI is InChI=1S/C35H74N6O3Si.2ClH/c1-5-39-34(38)27-20-14-11-17-23-31-41(35(42)40-29-24-32-45(4,43-6-2)44-7-3)30-22-16-10-13-19-26-33(37)25-18-12-8-9-15-21-28-36;;/h37H,5-32,36H2,1-4H3,(H2,38,39)(H,40,42);2*1H. The largest absolute Gasteiger partial charge is 1.00 e. The third-order valence-corrected chi connectivity index (χ3v) is 11.5. The van der Waals surface area contributed by atoms with Crippen molar-refractivity contribution in [1.82, 2.24) is 10.2 Å². The topological polar surface area (TPSA) is 142 Å². The summed E-state index contributed by atoms with van der Waals surface area (Å²) < 4.78 is 11.9. The Morgan fingerprint density at radius 2 is 1.17 bits per heavy atom. The van der Waals surface area contributed by atoms with Crippen LogP contribution in [0.3, 0.4) is 0 Å². The van der Waals surface area contributed by atoms with Crippen LogP contribution in [0.4, 0.5) is 4.79 Å². The van der Waals surface area contributed by atoms with Crippen molar-refractivity contribution in [3.8, 4) is 0 Å². The molecule has 0 aliphatic carbocycles. The first-order valence-electron chi connectivity index (χ1n) is 18.8. The van der Waals surface area contributed by atoms with Gasteiger partial charge in [-0.25, -0.2) is 4.79 Å². The van der Waals surface area contributed by atoms with Crippen molar-refractivity contribution in [2.45, 2.75) is 162 Å². The first-order chi connectivity index (χ1) is 21.8. The monoisotopic (exact) mass is 727 g/mol. The van der Waals surface area contributed by atoms with Gasteiger partial charge in [-0.2, -0.15) is 0 Å². The third kappa shape index (κ3) is 32.1. The number of amides is 2. The fraction of sp³-hybridized carbons (Fsp3) is 0.914. The van der Waals surface area contributed by atoms with Gasteiger partial charge >= 0.3 is 14.6 Å². The zero-order chi connectivity index (χ0) is 33.4. The van der Waals surface area contributed by atoms with E-state index in [1.807, 2.05) is 18.7 Å². The van der Waals surface area contributed by atoms with E-state index in [-0.39, 0.29) is 30.8 Å². The molecule has 0 saturated carbocycles. The predicted octanol–water partition coefficient (Wildman–Crippen LogP) is -1.43. The highest BCUT2D eigenvalue weighted by Crippen LogP contribution is 2.16. The average molecular weight is 728 g/mol. The second-order valence-electron chi connectivity index (χ2n) is 12.7. The van der Waals surface area contributed by atoms with Gasteiger partial charge in [-0.15, -0.1) is 0 Å². The van der Waals surface area contributed by atoms with Crippen LogP contribution in [0, 0.1) is 0 Å². The van der Waals surface area contributed by atoms with Crippen LogP contribution in [-0.2, 0) is 8.85 Å². The van der Waals surface area contributed by atoms with Gasteiger partial charge in [0.05, 0.1) is 6.54 Å². The summed E-state index contributed by atoms with van der Waals surface area (Å²) in [5.74, 6) is 0.896. The number of amidine groups is 1. The molecule has 0 bridgehead atoms. The van der Waals surface area contributed by atoms with Crippen LogP contribution in [0.2, 0.25) is 12.6 Å². The third-order valence-electron chi connectivity index (χ3n) is 8.43. The second kappa shape index (κ2) is 36.4. The van der Waals surface area contributed by atoms with Crippen molar-refractivity contribution in [3.63, 3.8) is 0 Å².